The van der Waals surface area contributed by atoms with E-state index >= 15 is 0 Å². The number of hydrogen-bond acceptors (Lipinski definition) is 4. The number of hydrogen-bond donors (Lipinski definition) is 4. The van der Waals surface area contributed by atoms with Crippen LogP contribution in [0.2, 0.25) is 10.0 Å². The summed E-state index contributed by atoms with van der Waals surface area (Å²) in [5.74, 6) is -4.88. The zero-order valence-corrected chi connectivity index (χ0v) is 13.7. The van der Waals surface area contributed by atoms with Gasteiger partial charge in [-0.05, 0) is 30.5 Å². The molecule has 7 nitrogen and oxygen atoms in total. The Morgan fingerprint density at radius 3 is 2.42 bits per heavy atom. The highest BCUT2D eigenvalue weighted by Crippen LogP contribution is 2.61. The van der Waals surface area contributed by atoms with Gasteiger partial charge in [0.2, 0.25) is 0 Å². The molecule has 3 rings (SSSR count). The molecular weight excluding hydrogens is 359 g/mol. The Balaban J connectivity index is 1.80. The highest BCUT2D eigenvalue weighted by molar-refractivity contribution is 6.42. The Labute approximate surface area is 146 Å². The van der Waals surface area contributed by atoms with Gasteiger partial charge in [0.1, 0.15) is 5.54 Å². The minimum absolute atomic E-state index is 0.0193. The van der Waals surface area contributed by atoms with Crippen molar-refractivity contribution in [2.45, 2.75) is 18.0 Å². The minimum atomic E-state index is -1.65. The lowest BCUT2D eigenvalue weighted by atomic mass is 9.90. The molecule has 5 atom stereocenters. The molecule has 2 aliphatic rings. The van der Waals surface area contributed by atoms with Crippen molar-refractivity contribution in [3.05, 3.63) is 33.8 Å². The maximum atomic E-state index is 12.3. The smallest absolute Gasteiger partial charge is 0.324 e. The van der Waals surface area contributed by atoms with Gasteiger partial charge < -0.3 is 21.3 Å². The van der Waals surface area contributed by atoms with Gasteiger partial charge in [-0.2, -0.15) is 0 Å². The molecule has 24 heavy (non-hydrogen) atoms. The zero-order valence-electron chi connectivity index (χ0n) is 12.2. The largest absolute Gasteiger partial charge is 0.481 e. The van der Waals surface area contributed by atoms with Crippen LogP contribution in [0.1, 0.15) is 16.8 Å². The molecule has 5 N–H and O–H groups in total. The van der Waals surface area contributed by atoms with Gasteiger partial charge in [0.15, 0.2) is 0 Å². The predicted molar refractivity (Wildman–Crippen MR) is 85.0 cm³/mol. The second-order valence-electron chi connectivity index (χ2n) is 6.23. The fraction of sp³-hybridized carbons (Fsp3) is 0.400. The van der Waals surface area contributed by atoms with E-state index in [0.717, 1.165) is 0 Å². The van der Waals surface area contributed by atoms with Crippen molar-refractivity contribution in [1.29, 1.82) is 0 Å². The maximum Gasteiger partial charge on any atom is 0.324 e. The molecule has 2 aliphatic carbocycles. The first-order chi connectivity index (χ1) is 11.2. The fourth-order valence-electron chi connectivity index (χ4n) is 3.72. The molecule has 0 radical (unpaired) electrons. The number of amides is 1. The maximum absolute atomic E-state index is 12.3. The van der Waals surface area contributed by atoms with Crippen LogP contribution in [-0.4, -0.2) is 39.6 Å². The summed E-state index contributed by atoms with van der Waals surface area (Å²) >= 11 is 11.7. The van der Waals surface area contributed by atoms with Crippen molar-refractivity contribution < 1.29 is 24.6 Å². The van der Waals surface area contributed by atoms with E-state index in [1.54, 1.807) is 0 Å². The number of fused-ring (bicyclic) bond motifs is 1. The van der Waals surface area contributed by atoms with Gasteiger partial charge in [-0.1, -0.05) is 23.2 Å². The molecular formula is C15H14Cl2N2O5. The van der Waals surface area contributed by atoms with Crippen LogP contribution in [0.5, 0.6) is 0 Å². The molecule has 0 aromatic heterocycles. The number of carboxylic acid groups (broad SMARTS) is 2. The Bertz CT molecular complexity index is 755. The molecule has 9 heteroatoms. The van der Waals surface area contributed by atoms with Gasteiger partial charge in [0.05, 0.1) is 16.0 Å². The monoisotopic (exact) mass is 372 g/mol. The lowest BCUT2D eigenvalue weighted by Gasteiger charge is -2.25. The van der Waals surface area contributed by atoms with Crippen LogP contribution in [0.25, 0.3) is 0 Å². The first-order valence-electron chi connectivity index (χ1n) is 7.18. The SMILES string of the molecule is N[C@@]1(C(=O)O)C[C@H](NC(=O)c2ccc(Cl)c(Cl)c2)[C@H]2[C@H](C(=O)O)[C@H]21. The van der Waals surface area contributed by atoms with Gasteiger partial charge in [0, 0.05) is 17.5 Å². The molecule has 1 amide bonds. The molecule has 0 aliphatic heterocycles. The lowest BCUT2D eigenvalue weighted by Crippen LogP contribution is -2.52. The summed E-state index contributed by atoms with van der Waals surface area (Å²) in [6.07, 6.45) is -0.0193. The molecule has 0 bridgehead atoms. The Morgan fingerprint density at radius 2 is 1.88 bits per heavy atom. The molecule has 0 spiro atoms. The number of carboxylic acids is 2. The number of halogens is 2. The summed E-state index contributed by atoms with van der Waals surface area (Å²) in [5, 5.41) is 21.7. The van der Waals surface area contributed by atoms with Gasteiger partial charge >= 0.3 is 11.9 Å². The predicted octanol–water partition coefficient (Wildman–Crippen LogP) is 1.22. The molecule has 0 heterocycles. The first kappa shape index (κ1) is 17.0. The number of nitrogens with two attached hydrogens (primary N) is 1. The molecule has 2 fully saturated rings. The topological polar surface area (TPSA) is 130 Å². The van der Waals surface area contributed by atoms with Crippen LogP contribution in [0.3, 0.4) is 0 Å². The van der Waals surface area contributed by atoms with E-state index in [-0.39, 0.29) is 17.0 Å². The summed E-state index contributed by atoms with van der Waals surface area (Å²) in [6.45, 7) is 0. The average molecular weight is 373 g/mol. The van der Waals surface area contributed by atoms with Crippen molar-refractivity contribution in [2.75, 3.05) is 0 Å². The summed E-state index contributed by atoms with van der Waals surface area (Å²) < 4.78 is 0. The third kappa shape index (κ3) is 2.53. The van der Waals surface area contributed by atoms with Crippen LogP contribution in [0, 0.1) is 17.8 Å². The summed E-state index contributed by atoms with van der Waals surface area (Å²) in [5.41, 5.74) is 4.51. The number of nitrogens with one attached hydrogen (secondary N) is 1. The highest BCUT2D eigenvalue weighted by Gasteiger charge is 2.74. The summed E-state index contributed by atoms with van der Waals surface area (Å²) in [7, 11) is 0. The van der Waals surface area contributed by atoms with Crippen molar-refractivity contribution in [3.63, 3.8) is 0 Å². The second kappa shape index (κ2) is 5.61. The molecule has 0 saturated heterocycles. The minimum Gasteiger partial charge on any atom is -0.481 e. The molecule has 1 aromatic carbocycles. The fourth-order valence-corrected chi connectivity index (χ4v) is 4.02. The van der Waals surface area contributed by atoms with E-state index in [1.807, 2.05) is 0 Å². The van der Waals surface area contributed by atoms with E-state index in [0.29, 0.717) is 5.02 Å². The number of rotatable bonds is 4. The summed E-state index contributed by atoms with van der Waals surface area (Å²) in [4.78, 5) is 35.1. The number of carbonyl (C=O) groups excluding carboxylic acids is 1. The number of carbonyl (C=O) groups is 3. The van der Waals surface area contributed by atoms with E-state index in [2.05, 4.69) is 5.32 Å². The highest BCUT2D eigenvalue weighted by atomic mass is 35.5. The number of aliphatic carboxylic acids is 2. The Kier molecular flexibility index (Phi) is 3.98. The van der Waals surface area contributed by atoms with E-state index in [4.69, 9.17) is 28.9 Å². The number of benzene rings is 1. The second-order valence-corrected chi connectivity index (χ2v) is 7.04. The Hall–Kier alpha value is -1.83. The van der Waals surface area contributed by atoms with Crippen LogP contribution in [-0.2, 0) is 9.59 Å². The van der Waals surface area contributed by atoms with Gasteiger partial charge in [-0.3, -0.25) is 14.4 Å². The van der Waals surface area contributed by atoms with E-state index < -0.39 is 47.2 Å². The standard InChI is InChI=1S/C15H14Cl2N2O5/c16-6-2-1-5(3-7(6)17)12(20)19-8-4-15(18,14(23)24)11-9(8)10(11)13(21)22/h1-3,8-11H,4,18H2,(H,19,20)(H,21,22)(H,23,24)/t8-,9-,10-,11-,15-/m0/s1. The molecule has 1 aromatic rings. The zero-order chi connectivity index (χ0) is 17.8. The van der Waals surface area contributed by atoms with Crippen molar-refractivity contribution in [1.82, 2.24) is 5.32 Å². The van der Waals surface area contributed by atoms with Crippen LogP contribution in [0.15, 0.2) is 18.2 Å². The van der Waals surface area contributed by atoms with Crippen LogP contribution < -0.4 is 11.1 Å². The van der Waals surface area contributed by atoms with Crippen molar-refractivity contribution >= 4 is 41.0 Å². The van der Waals surface area contributed by atoms with Crippen molar-refractivity contribution in [2.24, 2.45) is 23.5 Å². The van der Waals surface area contributed by atoms with E-state index in [9.17, 15) is 24.6 Å². The third-order valence-electron chi connectivity index (χ3n) is 4.87. The first-order valence-corrected chi connectivity index (χ1v) is 7.93. The quantitative estimate of drug-likeness (QED) is 0.628. The van der Waals surface area contributed by atoms with Crippen molar-refractivity contribution in [3.8, 4) is 0 Å². The third-order valence-corrected chi connectivity index (χ3v) is 5.61. The molecule has 128 valence electrons. The Morgan fingerprint density at radius 1 is 1.21 bits per heavy atom. The van der Waals surface area contributed by atoms with Gasteiger partial charge in [-0.25, -0.2) is 0 Å². The van der Waals surface area contributed by atoms with Crippen LogP contribution in [0.4, 0.5) is 0 Å². The van der Waals surface area contributed by atoms with Crippen LogP contribution >= 0.6 is 23.2 Å². The molecule has 0 unspecified atom stereocenters. The van der Waals surface area contributed by atoms with Gasteiger partial charge in [-0.15, -0.1) is 0 Å². The normalized spacial score (nSPS) is 33.6. The molecule has 2 saturated carbocycles. The lowest BCUT2D eigenvalue weighted by molar-refractivity contribution is -0.145. The average Bonchev–Trinajstić information content (AvgIpc) is 3.19. The van der Waals surface area contributed by atoms with Gasteiger partial charge in [0.25, 0.3) is 5.91 Å². The summed E-state index contributed by atoms with van der Waals surface area (Å²) in [6, 6.07) is 3.71. The van der Waals surface area contributed by atoms with E-state index in [1.165, 1.54) is 18.2 Å².